The molecule has 2 nitrogen and oxygen atoms in total. The van der Waals surface area contributed by atoms with Gasteiger partial charge in [-0.25, -0.2) is 0 Å². The summed E-state index contributed by atoms with van der Waals surface area (Å²) in [5.74, 6) is 0.829. The van der Waals surface area contributed by atoms with Gasteiger partial charge in [-0.1, -0.05) is 32.6 Å². The minimum Gasteiger partial charge on any atom is -0.374 e. The fraction of sp³-hybridized carbons (Fsp3) is 1.00. The average molecular weight is 253 g/mol. The molecule has 1 heterocycles. The summed E-state index contributed by atoms with van der Waals surface area (Å²) in [5.41, 5.74) is 0.0866. The predicted molar refractivity (Wildman–Crippen MR) is 76.9 cm³/mol. The summed E-state index contributed by atoms with van der Waals surface area (Å²) >= 11 is 0. The zero-order valence-corrected chi connectivity index (χ0v) is 12.3. The minimum absolute atomic E-state index is 0.0866. The highest BCUT2D eigenvalue weighted by atomic mass is 16.5. The van der Waals surface area contributed by atoms with E-state index in [1.807, 2.05) is 0 Å². The maximum atomic E-state index is 6.21. The fourth-order valence-electron chi connectivity index (χ4n) is 3.95. The van der Waals surface area contributed by atoms with Gasteiger partial charge in [-0.05, 0) is 51.5 Å². The second kappa shape index (κ2) is 6.91. The molecule has 1 N–H and O–H groups in total. The molecule has 1 aliphatic carbocycles. The van der Waals surface area contributed by atoms with Gasteiger partial charge in [0.15, 0.2) is 0 Å². The molecule has 2 rings (SSSR count). The quantitative estimate of drug-likeness (QED) is 0.767. The van der Waals surface area contributed by atoms with Crippen molar-refractivity contribution in [3.8, 4) is 0 Å². The van der Waals surface area contributed by atoms with Gasteiger partial charge in [0.1, 0.15) is 0 Å². The monoisotopic (exact) mass is 253 g/mol. The van der Waals surface area contributed by atoms with Crippen molar-refractivity contribution < 1.29 is 4.74 Å². The average Bonchev–Trinajstić information content (AvgIpc) is 2.65. The molecular formula is C16H31NO. The smallest absolute Gasteiger partial charge is 0.0809 e. The first-order valence-electron chi connectivity index (χ1n) is 8.13. The highest BCUT2D eigenvalue weighted by molar-refractivity contribution is 4.95. The second-order valence-electron chi connectivity index (χ2n) is 6.41. The Morgan fingerprint density at radius 1 is 1.11 bits per heavy atom. The van der Waals surface area contributed by atoms with Crippen LogP contribution in [0.15, 0.2) is 0 Å². The van der Waals surface area contributed by atoms with Gasteiger partial charge in [-0.3, -0.25) is 0 Å². The van der Waals surface area contributed by atoms with Crippen LogP contribution in [0.4, 0.5) is 0 Å². The van der Waals surface area contributed by atoms with Crippen LogP contribution in [0, 0.1) is 5.92 Å². The van der Waals surface area contributed by atoms with Crippen molar-refractivity contribution in [3.63, 3.8) is 0 Å². The van der Waals surface area contributed by atoms with Gasteiger partial charge in [-0.2, -0.15) is 0 Å². The molecule has 1 saturated heterocycles. The molecule has 0 aromatic heterocycles. The Bertz CT molecular complexity index is 227. The van der Waals surface area contributed by atoms with Crippen molar-refractivity contribution in [2.45, 2.75) is 83.3 Å². The Kier molecular flexibility index (Phi) is 5.50. The molecule has 0 radical (unpaired) electrons. The van der Waals surface area contributed by atoms with E-state index in [1.165, 1.54) is 57.8 Å². The molecule has 1 saturated carbocycles. The SMILES string of the molecule is CCNC(C1CCCCCC1)C1(C)CCCCO1. The van der Waals surface area contributed by atoms with Gasteiger partial charge in [0, 0.05) is 12.6 Å². The van der Waals surface area contributed by atoms with Crippen LogP contribution in [0.25, 0.3) is 0 Å². The summed E-state index contributed by atoms with van der Waals surface area (Å²) in [6.45, 7) is 6.62. The van der Waals surface area contributed by atoms with Crippen LogP contribution >= 0.6 is 0 Å². The molecule has 0 spiro atoms. The maximum Gasteiger partial charge on any atom is 0.0809 e. The van der Waals surface area contributed by atoms with E-state index in [2.05, 4.69) is 19.2 Å². The van der Waals surface area contributed by atoms with E-state index < -0.39 is 0 Å². The highest BCUT2D eigenvalue weighted by Crippen LogP contribution is 2.36. The third-order valence-electron chi connectivity index (χ3n) is 4.95. The summed E-state index contributed by atoms with van der Waals surface area (Å²) in [4.78, 5) is 0. The molecule has 0 amide bonds. The predicted octanol–water partition coefficient (Wildman–Crippen LogP) is 3.89. The van der Waals surface area contributed by atoms with Gasteiger partial charge in [0.25, 0.3) is 0 Å². The molecule has 1 aliphatic heterocycles. The van der Waals surface area contributed by atoms with Crippen molar-refractivity contribution in [3.05, 3.63) is 0 Å². The summed E-state index contributed by atoms with van der Waals surface area (Å²) in [5, 5.41) is 3.77. The first kappa shape index (κ1) is 14.3. The number of hydrogen-bond donors (Lipinski definition) is 1. The summed E-state index contributed by atoms with van der Waals surface area (Å²) in [7, 11) is 0. The number of likely N-dealkylation sites (N-methyl/N-ethyl adjacent to an activating group) is 1. The zero-order valence-electron chi connectivity index (χ0n) is 12.3. The van der Waals surface area contributed by atoms with Crippen molar-refractivity contribution in [1.29, 1.82) is 0 Å². The normalized spacial score (nSPS) is 33.0. The number of hydrogen-bond acceptors (Lipinski definition) is 2. The van der Waals surface area contributed by atoms with E-state index in [9.17, 15) is 0 Å². The molecule has 0 aromatic carbocycles. The van der Waals surface area contributed by atoms with Crippen LogP contribution in [0.2, 0.25) is 0 Å². The van der Waals surface area contributed by atoms with Crippen molar-refractivity contribution in [1.82, 2.24) is 5.32 Å². The van der Waals surface area contributed by atoms with Gasteiger partial charge in [0.2, 0.25) is 0 Å². The van der Waals surface area contributed by atoms with E-state index in [1.54, 1.807) is 0 Å². The van der Waals surface area contributed by atoms with Crippen LogP contribution in [0.1, 0.15) is 71.6 Å². The molecule has 2 aliphatic rings. The highest BCUT2D eigenvalue weighted by Gasteiger charge is 2.40. The Labute approximate surface area is 113 Å². The standard InChI is InChI=1S/C16H31NO/c1-3-17-15(14-10-6-4-5-7-11-14)16(2)12-8-9-13-18-16/h14-15,17H,3-13H2,1-2H3. The van der Waals surface area contributed by atoms with E-state index in [4.69, 9.17) is 4.74 Å². The van der Waals surface area contributed by atoms with Crippen LogP contribution in [0.3, 0.4) is 0 Å². The number of nitrogens with one attached hydrogen (secondary N) is 1. The largest absolute Gasteiger partial charge is 0.374 e. The molecule has 0 aromatic rings. The first-order valence-corrected chi connectivity index (χ1v) is 8.13. The molecule has 2 fully saturated rings. The Morgan fingerprint density at radius 3 is 2.39 bits per heavy atom. The van der Waals surface area contributed by atoms with E-state index in [0.29, 0.717) is 6.04 Å². The lowest BCUT2D eigenvalue weighted by Crippen LogP contribution is -2.55. The van der Waals surface area contributed by atoms with E-state index in [0.717, 1.165) is 19.1 Å². The lowest BCUT2D eigenvalue weighted by Gasteiger charge is -2.44. The Morgan fingerprint density at radius 2 is 1.83 bits per heavy atom. The molecular weight excluding hydrogens is 222 g/mol. The van der Waals surface area contributed by atoms with Crippen LogP contribution < -0.4 is 5.32 Å². The summed E-state index contributed by atoms with van der Waals surface area (Å²) in [6, 6.07) is 0.570. The topological polar surface area (TPSA) is 21.3 Å². The molecule has 0 bridgehead atoms. The molecule has 106 valence electrons. The van der Waals surface area contributed by atoms with Gasteiger partial charge in [0.05, 0.1) is 5.60 Å². The number of ether oxygens (including phenoxy) is 1. The van der Waals surface area contributed by atoms with E-state index in [-0.39, 0.29) is 5.60 Å². The fourth-order valence-corrected chi connectivity index (χ4v) is 3.95. The first-order chi connectivity index (χ1) is 8.76. The van der Waals surface area contributed by atoms with Crippen LogP contribution in [-0.2, 0) is 4.74 Å². The zero-order chi connectivity index (χ0) is 12.8. The van der Waals surface area contributed by atoms with E-state index >= 15 is 0 Å². The second-order valence-corrected chi connectivity index (χ2v) is 6.41. The Balaban J connectivity index is 2.04. The van der Waals surface area contributed by atoms with Crippen molar-refractivity contribution in [2.75, 3.05) is 13.2 Å². The molecule has 2 unspecified atom stereocenters. The van der Waals surface area contributed by atoms with Crippen LogP contribution in [-0.4, -0.2) is 24.8 Å². The van der Waals surface area contributed by atoms with Crippen molar-refractivity contribution >= 4 is 0 Å². The third kappa shape index (κ3) is 3.48. The summed E-state index contributed by atoms with van der Waals surface area (Å²) in [6.07, 6.45) is 12.3. The Hall–Kier alpha value is -0.0800. The lowest BCUT2D eigenvalue weighted by molar-refractivity contribution is -0.101. The lowest BCUT2D eigenvalue weighted by atomic mass is 9.78. The molecule has 2 heteroatoms. The van der Waals surface area contributed by atoms with Gasteiger partial charge >= 0.3 is 0 Å². The number of rotatable bonds is 4. The maximum absolute atomic E-state index is 6.21. The van der Waals surface area contributed by atoms with Gasteiger partial charge in [-0.15, -0.1) is 0 Å². The van der Waals surface area contributed by atoms with Crippen LogP contribution in [0.5, 0.6) is 0 Å². The van der Waals surface area contributed by atoms with Gasteiger partial charge < -0.3 is 10.1 Å². The minimum atomic E-state index is 0.0866. The van der Waals surface area contributed by atoms with Crippen molar-refractivity contribution in [2.24, 2.45) is 5.92 Å². The summed E-state index contributed by atoms with van der Waals surface area (Å²) < 4.78 is 6.21. The molecule has 2 atom stereocenters. The molecule has 18 heavy (non-hydrogen) atoms. The third-order valence-corrected chi connectivity index (χ3v) is 4.95.